The van der Waals surface area contributed by atoms with Crippen molar-refractivity contribution in [3.8, 4) is 0 Å². The highest BCUT2D eigenvalue weighted by molar-refractivity contribution is 5.47. The Morgan fingerprint density at radius 2 is 2.21 bits per heavy atom. The quantitative estimate of drug-likeness (QED) is 0.892. The van der Waals surface area contributed by atoms with E-state index in [-0.39, 0.29) is 0 Å². The van der Waals surface area contributed by atoms with Gasteiger partial charge in [0.05, 0.1) is 0 Å². The predicted molar refractivity (Wildman–Crippen MR) is 76.4 cm³/mol. The number of fused-ring (bicyclic) bond motifs is 1. The maximum atomic E-state index is 5.91. The Morgan fingerprint density at radius 3 is 2.95 bits per heavy atom. The maximum Gasteiger partial charge on any atom is 0.246 e. The van der Waals surface area contributed by atoms with Crippen LogP contribution < -0.4 is 10.6 Å². The van der Waals surface area contributed by atoms with E-state index in [1.54, 1.807) is 0 Å². The fraction of sp³-hybridized carbons (Fsp3) is 0.571. The average Bonchev–Trinajstić information content (AvgIpc) is 2.83. The van der Waals surface area contributed by atoms with Gasteiger partial charge in [-0.2, -0.15) is 4.98 Å². The monoisotopic (exact) mass is 259 g/mol. The van der Waals surface area contributed by atoms with Crippen LogP contribution in [0.4, 0.5) is 5.95 Å². The summed E-state index contributed by atoms with van der Waals surface area (Å²) in [5.41, 5.74) is 7.92. The molecular weight excluding hydrogens is 238 g/mol. The summed E-state index contributed by atoms with van der Waals surface area (Å²) < 4.78 is 1.91. The number of nitrogens with zero attached hydrogens (tertiary/aromatic N) is 4. The molecule has 1 aliphatic heterocycles. The van der Waals surface area contributed by atoms with Gasteiger partial charge in [-0.1, -0.05) is 6.07 Å². The summed E-state index contributed by atoms with van der Waals surface area (Å²) >= 11 is 0. The molecule has 0 amide bonds. The molecule has 2 aromatic rings. The van der Waals surface area contributed by atoms with Crippen LogP contribution in [0, 0.1) is 6.92 Å². The molecule has 19 heavy (non-hydrogen) atoms. The van der Waals surface area contributed by atoms with E-state index < -0.39 is 0 Å². The molecule has 0 bridgehead atoms. The van der Waals surface area contributed by atoms with Crippen molar-refractivity contribution >= 4 is 11.6 Å². The fourth-order valence-electron chi connectivity index (χ4n) is 3.01. The molecule has 2 unspecified atom stereocenters. The molecule has 1 aliphatic rings. The highest BCUT2D eigenvalue weighted by Crippen LogP contribution is 2.26. The van der Waals surface area contributed by atoms with E-state index in [9.17, 15) is 0 Å². The van der Waals surface area contributed by atoms with E-state index >= 15 is 0 Å². The summed E-state index contributed by atoms with van der Waals surface area (Å²) in [6.45, 7) is 4.95. The third kappa shape index (κ3) is 2.08. The van der Waals surface area contributed by atoms with Gasteiger partial charge < -0.3 is 10.6 Å². The van der Waals surface area contributed by atoms with Gasteiger partial charge in [0.25, 0.3) is 0 Å². The van der Waals surface area contributed by atoms with Gasteiger partial charge in [-0.25, -0.2) is 4.52 Å². The first-order chi connectivity index (χ1) is 9.20. The first-order valence-corrected chi connectivity index (χ1v) is 7.01. The first kappa shape index (κ1) is 12.4. The van der Waals surface area contributed by atoms with Gasteiger partial charge in [-0.15, -0.1) is 5.10 Å². The number of aryl methyl sites for hydroxylation is 1. The van der Waals surface area contributed by atoms with Gasteiger partial charge in [-0.3, -0.25) is 0 Å². The molecule has 2 aromatic heterocycles. The molecular formula is C14H21N5. The molecule has 0 saturated carbocycles. The Hall–Kier alpha value is -1.62. The number of rotatable bonds is 2. The Morgan fingerprint density at radius 1 is 1.37 bits per heavy atom. The highest BCUT2D eigenvalue weighted by atomic mass is 15.4. The van der Waals surface area contributed by atoms with Crippen LogP contribution >= 0.6 is 0 Å². The fourth-order valence-corrected chi connectivity index (χ4v) is 3.01. The van der Waals surface area contributed by atoms with Gasteiger partial charge in [0.1, 0.15) is 0 Å². The summed E-state index contributed by atoms with van der Waals surface area (Å²) in [5.74, 6) is 0.817. The van der Waals surface area contributed by atoms with Crippen molar-refractivity contribution in [1.82, 2.24) is 14.6 Å². The largest absolute Gasteiger partial charge is 0.333 e. The molecule has 1 fully saturated rings. The maximum absolute atomic E-state index is 5.91. The number of hydrogen-bond acceptors (Lipinski definition) is 4. The van der Waals surface area contributed by atoms with E-state index in [4.69, 9.17) is 5.73 Å². The van der Waals surface area contributed by atoms with Crippen LogP contribution in [-0.2, 0) is 0 Å². The summed E-state index contributed by atoms with van der Waals surface area (Å²) in [4.78, 5) is 6.97. The lowest BCUT2D eigenvalue weighted by atomic mass is 9.97. The normalized spacial score (nSPS) is 24.1. The minimum Gasteiger partial charge on any atom is -0.333 e. The number of hydrogen-bond donors (Lipinski definition) is 1. The zero-order valence-corrected chi connectivity index (χ0v) is 11.6. The Labute approximate surface area is 113 Å². The van der Waals surface area contributed by atoms with Crippen LogP contribution in [0.2, 0.25) is 0 Å². The Kier molecular flexibility index (Phi) is 3.14. The average molecular weight is 259 g/mol. The SMILES string of the molecule is Cc1cccc2nc(N3C(C)CCCC3CN)nn12. The summed E-state index contributed by atoms with van der Waals surface area (Å²) in [6.07, 6.45) is 3.56. The van der Waals surface area contributed by atoms with Crippen LogP contribution in [0.5, 0.6) is 0 Å². The standard InChI is InChI=1S/C14H21N5/c1-10-5-3-7-12(9-15)18(10)14-16-13-8-4-6-11(2)19(13)17-14/h4,6,8,10,12H,3,5,7,9,15H2,1-2H3. The summed E-state index contributed by atoms with van der Waals surface area (Å²) in [6, 6.07) is 6.88. The third-order valence-corrected chi connectivity index (χ3v) is 4.07. The number of pyridine rings is 1. The minimum atomic E-state index is 0.362. The van der Waals surface area contributed by atoms with Crippen molar-refractivity contribution < 1.29 is 0 Å². The van der Waals surface area contributed by atoms with E-state index in [2.05, 4.69) is 21.9 Å². The molecule has 3 heterocycles. The second-order valence-electron chi connectivity index (χ2n) is 5.43. The van der Waals surface area contributed by atoms with Crippen molar-refractivity contribution in [3.63, 3.8) is 0 Å². The lowest BCUT2D eigenvalue weighted by molar-refractivity contribution is 0.394. The van der Waals surface area contributed by atoms with Crippen LogP contribution in [0.3, 0.4) is 0 Å². The van der Waals surface area contributed by atoms with Crippen LogP contribution in [0.15, 0.2) is 18.2 Å². The molecule has 0 aliphatic carbocycles. The zero-order chi connectivity index (χ0) is 13.4. The van der Waals surface area contributed by atoms with Crippen LogP contribution in [0.25, 0.3) is 5.65 Å². The molecule has 1 saturated heterocycles. The lowest BCUT2D eigenvalue weighted by Gasteiger charge is -2.39. The Bertz CT molecular complexity index is 576. The van der Waals surface area contributed by atoms with Gasteiger partial charge in [0.15, 0.2) is 5.65 Å². The molecule has 0 radical (unpaired) electrons. The van der Waals surface area contributed by atoms with Crippen LogP contribution in [0.1, 0.15) is 31.9 Å². The van der Waals surface area contributed by atoms with E-state index in [0.29, 0.717) is 18.6 Å². The molecule has 3 rings (SSSR count). The second kappa shape index (κ2) is 4.81. The molecule has 0 aromatic carbocycles. The Balaban J connectivity index is 2.04. The van der Waals surface area contributed by atoms with Crippen molar-refractivity contribution in [3.05, 3.63) is 23.9 Å². The van der Waals surface area contributed by atoms with Crippen molar-refractivity contribution in [2.45, 2.75) is 45.2 Å². The predicted octanol–water partition coefficient (Wildman–Crippen LogP) is 1.74. The van der Waals surface area contributed by atoms with Crippen molar-refractivity contribution in [1.29, 1.82) is 0 Å². The first-order valence-electron chi connectivity index (χ1n) is 7.01. The number of nitrogens with two attached hydrogens (primary N) is 1. The van der Waals surface area contributed by atoms with E-state index in [1.165, 1.54) is 12.8 Å². The third-order valence-electron chi connectivity index (χ3n) is 4.07. The van der Waals surface area contributed by atoms with Crippen LogP contribution in [-0.4, -0.2) is 33.2 Å². The molecule has 5 heteroatoms. The van der Waals surface area contributed by atoms with Gasteiger partial charge in [-0.05, 0) is 45.2 Å². The number of aromatic nitrogens is 3. The molecule has 5 nitrogen and oxygen atoms in total. The van der Waals surface area contributed by atoms with Crippen molar-refractivity contribution in [2.75, 3.05) is 11.4 Å². The van der Waals surface area contributed by atoms with Gasteiger partial charge >= 0.3 is 0 Å². The van der Waals surface area contributed by atoms with Gasteiger partial charge in [0.2, 0.25) is 5.95 Å². The topological polar surface area (TPSA) is 59.5 Å². The van der Waals surface area contributed by atoms with E-state index in [0.717, 1.165) is 23.7 Å². The smallest absolute Gasteiger partial charge is 0.246 e. The molecule has 0 spiro atoms. The number of piperidine rings is 1. The van der Waals surface area contributed by atoms with Gasteiger partial charge in [0, 0.05) is 24.3 Å². The summed E-state index contributed by atoms with van der Waals surface area (Å²) in [7, 11) is 0. The van der Waals surface area contributed by atoms with Crippen molar-refractivity contribution in [2.24, 2.45) is 5.73 Å². The molecule has 102 valence electrons. The zero-order valence-electron chi connectivity index (χ0n) is 11.6. The summed E-state index contributed by atoms with van der Waals surface area (Å²) in [5, 5.41) is 4.66. The molecule has 2 atom stereocenters. The lowest BCUT2D eigenvalue weighted by Crippen LogP contribution is -2.49. The minimum absolute atomic E-state index is 0.362. The molecule has 2 N–H and O–H groups in total. The second-order valence-corrected chi connectivity index (χ2v) is 5.43. The van der Waals surface area contributed by atoms with E-state index in [1.807, 2.05) is 29.6 Å². The highest BCUT2D eigenvalue weighted by Gasteiger charge is 2.29. The number of anilines is 1.